The number of anilines is 1. The van der Waals surface area contributed by atoms with E-state index in [1.807, 2.05) is 6.92 Å². The van der Waals surface area contributed by atoms with Crippen molar-refractivity contribution in [3.63, 3.8) is 0 Å². The van der Waals surface area contributed by atoms with Crippen LogP contribution in [0.25, 0.3) is 0 Å². The highest BCUT2D eigenvalue weighted by Gasteiger charge is 2.28. The van der Waals surface area contributed by atoms with Gasteiger partial charge < -0.3 is 4.90 Å². The van der Waals surface area contributed by atoms with E-state index < -0.39 is 0 Å². The summed E-state index contributed by atoms with van der Waals surface area (Å²) in [5.74, 6) is 1.80. The molecule has 1 saturated heterocycles. The van der Waals surface area contributed by atoms with E-state index in [9.17, 15) is 0 Å². The fraction of sp³-hybridized carbons (Fsp3) is 0.750. The Bertz CT molecular complexity index is 479. The van der Waals surface area contributed by atoms with Crippen LogP contribution < -0.4 is 4.90 Å². The summed E-state index contributed by atoms with van der Waals surface area (Å²) in [6, 6.07) is 0. The minimum Gasteiger partial charge on any atom is -0.355 e. The molecule has 20 heavy (non-hydrogen) atoms. The van der Waals surface area contributed by atoms with Crippen LogP contribution in [0.4, 0.5) is 5.82 Å². The standard InChI is InChI=1S/C16H26ClN3/c1-11-12(2)15(19-18-14(11)17)20-9-6-7-13(8-10-20)16(3,4)5/h13H,6-10H2,1-5H3. The van der Waals surface area contributed by atoms with Gasteiger partial charge in [-0.3, -0.25) is 0 Å². The number of hydrogen-bond donors (Lipinski definition) is 0. The minimum absolute atomic E-state index is 0.395. The second-order valence-corrected chi connectivity index (χ2v) is 7.40. The molecule has 0 bridgehead atoms. The Labute approximate surface area is 127 Å². The van der Waals surface area contributed by atoms with E-state index in [2.05, 4.69) is 42.8 Å². The zero-order valence-corrected chi connectivity index (χ0v) is 14.1. The number of halogens is 1. The number of hydrogen-bond acceptors (Lipinski definition) is 3. The summed E-state index contributed by atoms with van der Waals surface area (Å²) >= 11 is 6.05. The van der Waals surface area contributed by atoms with Gasteiger partial charge in [0.15, 0.2) is 11.0 Å². The number of rotatable bonds is 1. The zero-order valence-electron chi connectivity index (χ0n) is 13.3. The summed E-state index contributed by atoms with van der Waals surface area (Å²) in [5, 5.41) is 8.94. The van der Waals surface area contributed by atoms with E-state index in [1.54, 1.807) is 0 Å². The lowest BCUT2D eigenvalue weighted by molar-refractivity contribution is 0.220. The second kappa shape index (κ2) is 5.88. The van der Waals surface area contributed by atoms with Gasteiger partial charge in [0.25, 0.3) is 0 Å². The van der Waals surface area contributed by atoms with E-state index in [0.717, 1.165) is 30.4 Å². The molecule has 0 radical (unpaired) electrons. The van der Waals surface area contributed by atoms with Gasteiger partial charge in [0, 0.05) is 13.1 Å². The molecule has 1 aliphatic rings. The van der Waals surface area contributed by atoms with Gasteiger partial charge in [0.05, 0.1) is 0 Å². The van der Waals surface area contributed by atoms with Crippen molar-refractivity contribution in [1.82, 2.24) is 10.2 Å². The molecule has 1 fully saturated rings. The molecule has 0 N–H and O–H groups in total. The average molecular weight is 296 g/mol. The van der Waals surface area contributed by atoms with Gasteiger partial charge in [-0.05, 0) is 55.6 Å². The molecule has 1 aliphatic heterocycles. The first-order valence-electron chi connectivity index (χ1n) is 7.55. The van der Waals surface area contributed by atoms with Gasteiger partial charge in [-0.1, -0.05) is 32.4 Å². The topological polar surface area (TPSA) is 29.0 Å². The smallest absolute Gasteiger partial charge is 0.155 e. The zero-order chi connectivity index (χ0) is 14.9. The van der Waals surface area contributed by atoms with Crippen molar-refractivity contribution in [2.75, 3.05) is 18.0 Å². The van der Waals surface area contributed by atoms with Crippen LogP contribution in [-0.2, 0) is 0 Å². The highest BCUT2D eigenvalue weighted by molar-refractivity contribution is 6.30. The predicted molar refractivity (Wildman–Crippen MR) is 85.5 cm³/mol. The molecule has 0 aliphatic carbocycles. The summed E-state index contributed by atoms with van der Waals surface area (Å²) in [7, 11) is 0. The minimum atomic E-state index is 0.395. The van der Waals surface area contributed by atoms with Gasteiger partial charge in [-0.25, -0.2) is 0 Å². The largest absolute Gasteiger partial charge is 0.355 e. The lowest BCUT2D eigenvalue weighted by Crippen LogP contribution is -2.28. The lowest BCUT2D eigenvalue weighted by Gasteiger charge is -2.30. The van der Waals surface area contributed by atoms with Crippen LogP contribution in [0.1, 0.15) is 51.2 Å². The maximum atomic E-state index is 6.05. The Morgan fingerprint density at radius 2 is 1.75 bits per heavy atom. The van der Waals surface area contributed by atoms with Crippen molar-refractivity contribution in [3.05, 3.63) is 16.3 Å². The second-order valence-electron chi connectivity index (χ2n) is 7.05. The third-order valence-corrected chi connectivity index (χ3v) is 5.05. The molecule has 3 nitrogen and oxygen atoms in total. The summed E-state index contributed by atoms with van der Waals surface area (Å²) < 4.78 is 0. The maximum Gasteiger partial charge on any atom is 0.155 e. The molecule has 1 aromatic rings. The third-order valence-electron chi connectivity index (χ3n) is 4.69. The third kappa shape index (κ3) is 3.25. The molecular formula is C16H26ClN3. The van der Waals surface area contributed by atoms with Crippen LogP contribution in [0.15, 0.2) is 0 Å². The molecule has 0 aromatic carbocycles. The van der Waals surface area contributed by atoms with E-state index in [1.165, 1.54) is 24.8 Å². The summed E-state index contributed by atoms with van der Waals surface area (Å²) in [5.41, 5.74) is 2.61. The summed E-state index contributed by atoms with van der Waals surface area (Å²) in [4.78, 5) is 2.39. The Hall–Kier alpha value is -0.830. The van der Waals surface area contributed by atoms with Gasteiger partial charge in [-0.15, -0.1) is 10.2 Å². The van der Waals surface area contributed by atoms with Crippen molar-refractivity contribution < 1.29 is 0 Å². The van der Waals surface area contributed by atoms with Crippen molar-refractivity contribution in [2.45, 2.75) is 53.9 Å². The van der Waals surface area contributed by atoms with Crippen molar-refractivity contribution in [2.24, 2.45) is 11.3 Å². The lowest BCUT2D eigenvalue weighted by atomic mass is 9.77. The summed E-state index contributed by atoms with van der Waals surface area (Å²) in [6.07, 6.45) is 3.76. The van der Waals surface area contributed by atoms with Crippen LogP contribution >= 0.6 is 11.6 Å². The fourth-order valence-electron chi connectivity index (χ4n) is 3.04. The van der Waals surface area contributed by atoms with Crippen LogP contribution in [0.2, 0.25) is 5.15 Å². The first kappa shape index (κ1) is 15.6. The predicted octanol–water partition coefficient (Wildman–Crippen LogP) is 4.40. The van der Waals surface area contributed by atoms with Gasteiger partial charge in [0.2, 0.25) is 0 Å². The molecule has 0 amide bonds. The van der Waals surface area contributed by atoms with Gasteiger partial charge in [0.1, 0.15) is 0 Å². The highest BCUT2D eigenvalue weighted by Crippen LogP contribution is 2.35. The van der Waals surface area contributed by atoms with Crippen LogP contribution in [0.5, 0.6) is 0 Å². The van der Waals surface area contributed by atoms with Crippen molar-refractivity contribution >= 4 is 17.4 Å². The first-order chi connectivity index (χ1) is 9.30. The Kier molecular flexibility index (Phi) is 4.58. The Morgan fingerprint density at radius 1 is 1.05 bits per heavy atom. The highest BCUT2D eigenvalue weighted by atomic mass is 35.5. The maximum absolute atomic E-state index is 6.05. The van der Waals surface area contributed by atoms with Gasteiger partial charge >= 0.3 is 0 Å². The molecule has 0 spiro atoms. The molecule has 0 saturated carbocycles. The number of aromatic nitrogens is 2. The van der Waals surface area contributed by atoms with E-state index in [-0.39, 0.29) is 0 Å². The molecule has 1 aromatic heterocycles. The number of nitrogens with zero attached hydrogens (tertiary/aromatic N) is 3. The van der Waals surface area contributed by atoms with Gasteiger partial charge in [-0.2, -0.15) is 0 Å². The Balaban J connectivity index is 2.17. The van der Waals surface area contributed by atoms with E-state index in [4.69, 9.17) is 11.6 Å². The van der Waals surface area contributed by atoms with Crippen molar-refractivity contribution in [3.8, 4) is 0 Å². The van der Waals surface area contributed by atoms with E-state index >= 15 is 0 Å². The van der Waals surface area contributed by atoms with Crippen LogP contribution in [-0.4, -0.2) is 23.3 Å². The molecule has 4 heteroatoms. The van der Waals surface area contributed by atoms with Crippen LogP contribution in [0, 0.1) is 25.2 Å². The SMILES string of the molecule is Cc1c(Cl)nnc(N2CCCC(C(C)(C)C)CC2)c1C. The molecule has 2 heterocycles. The molecule has 2 rings (SSSR count). The van der Waals surface area contributed by atoms with E-state index in [0.29, 0.717) is 10.6 Å². The molecule has 112 valence electrons. The molecule has 1 atom stereocenters. The molecular weight excluding hydrogens is 270 g/mol. The normalized spacial score (nSPS) is 20.9. The molecule has 1 unspecified atom stereocenters. The average Bonchev–Trinajstić information content (AvgIpc) is 2.61. The fourth-order valence-corrected chi connectivity index (χ4v) is 3.22. The quantitative estimate of drug-likeness (QED) is 0.769. The van der Waals surface area contributed by atoms with Crippen LogP contribution in [0.3, 0.4) is 0 Å². The summed E-state index contributed by atoms with van der Waals surface area (Å²) in [6.45, 7) is 13.3. The Morgan fingerprint density at radius 3 is 2.40 bits per heavy atom. The van der Waals surface area contributed by atoms with Crippen molar-refractivity contribution in [1.29, 1.82) is 0 Å². The first-order valence-corrected chi connectivity index (χ1v) is 7.93. The monoisotopic (exact) mass is 295 g/mol.